The van der Waals surface area contributed by atoms with Crippen molar-refractivity contribution in [2.45, 2.75) is 57.3 Å². The normalized spacial score (nSPS) is 48.2. The summed E-state index contributed by atoms with van der Waals surface area (Å²) < 4.78 is 5.91. The Hall–Kier alpha value is 0.920. The molecule has 0 spiro atoms. The van der Waals surface area contributed by atoms with Gasteiger partial charge >= 0.3 is 29.6 Å². The Morgan fingerprint density at radius 3 is 2.23 bits per heavy atom. The van der Waals surface area contributed by atoms with E-state index in [1.165, 1.54) is 0 Å². The van der Waals surface area contributed by atoms with Gasteiger partial charge < -0.3 is 9.84 Å². The van der Waals surface area contributed by atoms with Gasteiger partial charge in [-0.25, -0.2) is 0 Å². The molecular formula is C10H17NaO2. The van der Waals surface area contributed by atoms with Gasteiger partial charge in [0, 0.05) is 0 Å². The van der Waals surface area contributed by atoms with Crippen LogP contribution < -0.4 is 34.7 Å². The van der Waals surface area contributed by atoms with Crippen LogP contribution >= 0.6 is 0 Å². The second-order valence-corrected chi connectivity index (χ2v) is 4.83. The van der Waals surface area contributed by atoms with Gasteiger partial charge in [-0.3, -0.25) is 0 Å². The van der Waals surface area contributed by atoms with Crippen molar-refractivity contribution in [2.75, 3.05) is 0 Å². The van der Waals surface area contributed by atoms with Crippen molar-refractivity contribution in [2.24, 2.45) is 5.92 Å². The Balaban J connectivity index is 0.000000845. The fourth-order valence-electron chi connectivity index (χ4n) is 2.57. The Morgan fingerprint density at radius 1 is 1.38 bits per heavy atom. The summed E-state index contributed by atoms with van der Waals surface area (Å²) in [5.41, 5.74) is -0.411. The SMILES string of the molecule is CC(C)C12CCC(C)(O1)C([O-])C2.[Na+]. The fourth-order valence-corrected chi connectivity index (χ4v) is 2.57. The maximum absolute atomic E-state index is 11.6. The van der Waals surface area contributed by atoms with Gasteiger partial charge in [0.25, 0.3) is 0 Å². The van der Waals surface area contributed by atoms with Gasteiger partial charge in [-0.2, -0.15) is 0 Å². The molecule has 0 radical (unpaired) electrons. The van der Waals surface area contributed by atoms with E-state index >= 15 is 0 Å². The minimum Gasteiger partial charge on any atom is -0.850 e. The first-order valence-corrected chi connectivity index (χ1v) is 4.84. The largest absolute Gasteiger partial charge is 1.00 e. The van der Waals surface area contributed by atoms with Crippen molar-refractivity contribution >= 4 is 0 Å². The number of rotatable bonds is 1. The van der Waals surface area contributed by atoms with Crippen molar-refractivity contribution < 1.29 is 39.4 Å². The van der Waals surface area contributed by atoms with E-state index in [2.05, 4.69) is 13.8 Å². The first-order chi connectivity index (χ1) is 5.49. The van der Waals surface area contributed by atoms with Crippen molar-refractivity contribution in [3.05, 3.63) is 0 Å². The predicted molar refractivity (Wildman–Crippen MR) is 44.7 cm³/mol. The summed E-state index contributed by atoms with van der Waals surface area (Å²) in [5.74, 6) is 0.485. The van der Waals surface area contributed by atoms with Crippen LogP contribution in [0.2, 0.25) is 0 Å². The molecule has 3 heteroatoms. The minimum absolute atomic E-state index is 0. The standard InChI is InChI=1S/C10H17O2.Na/c1-7(2)10-5-4-9(3,12-10)8(11)6-10;/h7-8H,4-6H2,1-3H3;/q-1;+1. The van der Waals surface area contributed by atoms with Crippen LogP contribution in [0.4, 0.5) is 0 Å². The first-order valence-electron chi connectivity index (χ1n) is 4.84. The summed E-state index contributed by atoms with van der Waals surface area (Å²) >= 11 is 0. The molecular weight excluding hydrogens is 175 g/mol. The molecule has 0 aromatic carbocycles. The molecule has 3 unspecified atom stereocenters. The maximum Gasteiger partial charge on any atom is 1.00 e. The van der Waals surface area contributed by atoms with Crippen LogP contribution in [0.25, 0.3) is 0 Å². The first kappa shape index (κ1) is 12.0. The molecule has 0 saturated carbocycles. The molecule has 0 aromatic heterocycles. The topological polar surface area (TPSA) is 32.3 Å². The number of hydrogen-bond acceptors (Lipinski definition) is 2. The fraction of sp³-hybridized carbons (Fsp3) is 1.00. The van der Waals surface area contributed by atoms with Crippen LogP contribution in [-0.4, -0.2) is 17.3 Å². The van der Waals surface area contributed by atoms with Gasteiger partial charge in [0.15, 0.2) is 0 Å². The Labute approximate surface area is 102 Å². The zero-order chi connectivity index (χ0) is 8.98. The minimum atomic E-state index is -0.492. The molecule has 0 N–H and O–H groups in total. The third kappa shape index (κ3) is 1.61. The molecule has 2 aliphatic heterocycles. The van der Waals surface area contributed by atoms with Gasteiger partial charge in [0.05, 0.1) is 11.2 Å². The average molecular weight is 192 g/mol. The molecule has 2 rings (SSSR count). The Bertz CT molecular complexity index is 207. The van der Waals surface area contributed by atoms with Gasteiger partial charge in [-0.05, 0) is 32.1 Å². The number of ether oxygens (including phenoxy) is 1. The van der Waals surface area contributed by atoms with Gasteiger partial charge in [0.1, 0.15) is 0 Å². The zero-order valence-electron chi connectivity index (χ0n) is 9.09. The van der Waals surface area contributed by atoms with E-state index in [-0.39, 0.29) is 40.8 Å². The summed E-state index contributed by atoms with van der Waals surface area (Å²) in [6.45, 7) is 6.29. The van der Waals surface area contributed by atoms with Gasteiger partial charge in [-0.15, -0.1) is 0 Å². The second-order valence-electron chi connectivity index (χ2n) is 4.83. The van der Waals surface area contributed by atoms with E-state index < -0.39 is 6.10 Å². The van der Waals surface area contributed by atoms with E-state index in [0.717, 1.165) is 19.3 Å². The second kappa shape index (κ2) is 3.49. The van der Waals surface area contributed by atoms with Crippen molar-refractivity contribution in [1.82, 2.24) is 0 Å². The molecule has 2 nitrogen and oxygen atoms in total. The Morgan fingerprint density at radius 2 is 2.00 bits per heavy atom. The molecule has 2 saturated heterocycles. The van der Waals surface area contributed by atoms with Crippen LogP contribution in [0.1, 0.15) is 40.0 Å². The molecule has 0 aromatic rings. The smallest absolute Gasteiger partial charge is 0.850 e. The molecule has 2 heterocycles. The predicted octanol–water partition coefficient (Wildman–Crippen LogP) is -1.91. The summed E-state index contributed by atoms with van der Waals surface area (Å²) in [4.78, 5) is 0. The van der Waals surface area contributed by atoms with Gasteiger partial charge in [0.2, 0.25) is 0 Å². The van der Waals surface area contributed by atoms with E-state index in [1.807, 2.05) is 6.92 Å². The third-order valence-electron chi connectivity index (χ3n) is 3.75. The summed E-state index contributed by atoms with van der Waals surface area (Å²) in [5, 5.41) is 11.6. The molecule has 2 aliphatic rings. The third-order valence-corrected chi connectivity index (χ3v) is 3.75. The van der Waals surface area contributed by atoms with Crippen LogP contribution in [0, 0.1) is 5.92 Å². The molecule has 0 aliphatic carbocycles. The van der Waals surface area contributed by atoms with Crippen LogP contribution in [0.5, 0.6) is 0 Å². The molecule has 3 atom stereocenters. The van der Waals surface area contributed by atoms with E-state index in [9.17, 15) is 5.11 Å². The van der Waals surface area contributed by atoms with E-state index in [1.54, 1.807) is 0 Å². The molecule has 2 fully saturated rings. The summed E-state index contributed by atoms with van der Waals surface area (Å²) in [6.07, 6.45) is 2.27. The van der Waals surface area contributed by atoms with Gasteiger partial charge in [-0.1, -0.05) is 20.0 Å². The van der Waals surface area contributed by atoms with E-state index in [4.69, 9.17) is 4.74 Å². The zero-order valence-corrected chi connectivity index (χ0v) is 11.1. The average Bonchev–Trinajstić information content (AvgIpc) is 2.41. The van der Waals surface area contributed by atoms with Crippen LogP contribution in [0.3, 0.4) is 0 Å². The maximum atomic E-state index is 11.6. The summed E-state index contributed by atoms with van der Waals surface area (Å²) in [6, 6.07) is 0. The van der Waals surface area contributed by atoms with Crippen LogP contribution in [-0.2, 0) is 4.74 Å². The van der Waals surface area contributed by atoms with Crippen LogP contribution in [0.15, 0.2) is 0 Å². The van der Waals surface area contributed by atoms with E-state index in [0.29, 0.717) is 5.92 Å². The molecule has 70 valence electrons. The number of hydrogen-bond donors (Lipinski definition) is 0. The van der Waals surface area contributed by atoms with Crippen molar-refractivity contribution in [3.8, 4) is 0 Å². The van der Waals surface area contributed by atoms with Crippen molar-refractivity contribution in [1.29, 1.82) is 0 Å². The number of fused-ring (bicyclic) bond motifs is 2. The summed E-state index contributed by atoms with van der Waals surface area (Å²) in [7, 11) is 0. The molecule has 0 amide bonds. The monoisotopic (exact) mass is 192 g/mol. The molecule has 13 heavy (non-hydrogen) atoms. The quantitative estimate of drug-likeness (QED) is 0.454. The van der Waals surface area contributed by atoms with Crippen molar-refractivity contribution in [3.63, 3.8) is 0 Å². The Kier molecular flexibility index (Phi) is 3.22. The molecule has 2 bridgehead atoms.